The summed E-state index contributed by atoms with van der Waals surface area (Å²) in [6.07, 6.45) is 3.41. The molecule has 7 nitrogen and oxygen atoms in total. The second-order valence-corrected chi connectivity index (χ2v) is 5.34. The molecule has 1 amide bonds. The third kappa shape index (κ3) is 4.08. The molecule has 8 heteroatoms. The molecule has 0 bridgehead atoms. The molecule has 0 aliphatic heterocycles. The van der Waals surface area contributed by atoms with Crippen LogP contribution >= 0.6 is 11.6 Å². The van der Waals surface area contributed by atoms with Crippen molar-refractivity contribution in [3.63, 3.8) is 0 Å². The van der Waals surface area contributed by atoms with Crippen molar-refractivity contribution in [1.82, 2.24) is 15.1 Å². The maximum atomic E-state index is 12.4. The molecule has 0 saturated heterocycles. The minimum Gasteiger partial charge on any atom is -0.478 e. The Morgan fingerprint density at radius 2 is 2.22 bits per heavy atom. The van der Waals surface area contributed by atoms with Crippen molar-refractivity contribution in [1.29, 1.82) is 0 Å². The highest BCUT2D eigenvalue weighted by atomic mass is 35.5. The molecule has 2 N–H and O–H groups in total. The summed E-state index contributed by atoms with van der Waals surface area (Å²) in [5.41, 5.74) is 1.01. The first-order valence-electron chi connectivity index (χ1n) is 6.73. The molecule has 1 atom stereocenters. The van der Waals surface area contributed by atoms with Crippen molar-refractivity contribution in [3.8, 4) is 0 Å². The SMILES string of the molecule is COCC(NC(=O)c1ccc(C(=O)O)cc1Cl)c1cnn(C)c1. The van der Waals surface area contributed by atoms with Gasteiger partial charge in [0.2, 0.25) is 0 Å². The number of carboxylic acid groups (broad SMARTS) is 1. The molecule has 23 heavy (non-hydrogen) atoms. The standard InChI is InChI=1S/C15H16ClN3O4/c1-19-7-10(6-17-19)13(8-23-2)18-14(20)11-4-3-9(15(21)22)5-12(11)16/h3-7,13H,8H2,1-2H3,(H,18,20)(H,21,22). The van der Waals surface area contributed by atoms with Gasteiger partial charge in [-0.3, -0.25) is 9.48 Å². The van der Waals surface area contributed by atoms with Crippen LogP contribution in [-0.2, 0) is 11.8 Å². The van der Waals surface area contributed by atoms with Gasteiger partial charge in [0, 0.05) is 25.9 Å². The maximum Gasteiger partial charge on any atom is 0.335 e. The maximum absolute atomic E-state index is 12.4. The summed E-state index contributed by atoms with van der Waals surface area (Å²) in [7, 11) is 3.31. The lowest BCUT2D eigenvalue weighted by Crippen LogP contribution is -2.31. The van der Waals surface area contributed by atoms with E-state index in [4.69, 9.17) is 21.4 Å². The fourth-order valence-electron chi connectivity index (χ4n) is 2.08. The summed E-state index contributed by atoms with van der Waals surface area (Å²) in [4.78, 5) is 23.3. The second-order valence-electron chi connectivity index (χ2n) is 4.93. The summed E-state index contributed by atoms with van der Waals surface area (Å²) in [6, 6.07) is 3.57. The number of nitrogens with zero attached hydrogens (tertiary/aromatic N) is 2. The predicted octanol–water partition coefficient (Wildman–Crippen LogP) is 1.89. The molecule has 0 radical (unpaired) electrons. The zero-order valence-corrected chi connectivity index (χ0v) is 13.4. The monoisotopic (exact) mass is 337 g/mol. The number of hydrogen-bond acceptors (Lipinski definition) is 4. The molecule has 0 aliphatic rings. The van der Waals surface area contributed by atoms with Gasteiger partial charge in [0.05, 0.1) is 35.0 Å². The number of ether oxygens (including phenoxy) is 1. The minimum absolute atomic E-state index is 0.0206. The zero-order chi connectivity index (χ0) is 17.0. The van der Waals surface area contributed by atoms with E-state index in [2.05, 4.69) is 10.4 Å². The number of nitrogens with one attached hydrogen (secondary N) is 1. The molecule has 0 spiro atoms. The van der Waals surface area contributed by atoms with Crippen molar-refractivity contribution in [2.75, 3.05) is 13.7 Å². The Hall–Kier alpha value is -2.38. The van der Waals surface area contributed by atoms with Gasteiger partial charge in [0.1, 0.15) is 0 Å². The summed E-state index contributed by atoms with van der Waals surface area (Å²) in [6.45, 7) is 0.266. The van der Waals surface area contributed by atoms with Crippen LogP contribution < -0.4 is 5.32 Å². The fourth-order valence-corrected chi connectivity index (χ4v) is 2.34. The topological polar surface area (TPSA) is 93.4 Å². The number of halogens is 1. The highest BCUT2D eigenvalue weighted by molar-refractivity contribution is 6.34. The van der Waals surface area contributed by atoms with Crippen molar-refractivity contribution >= 4 is 23.5 Å². The Bertz CT molecular complexity index is 729. The number of benzene rings is 1. The van der Waals surface area contributed by atoms with E-state index in [0.717, 1.165) is 5.56 Å². The molecular weight excluding hydrogens is 322 g/mol. The molecule has 1 aromatic heterocycles. The Morgan fingerprint density at radius 3 is 2.74 bits per heavy atom. The Kier molecular flexibility index (Phi) is 5.36. The van der Waals surface area contributed by atoms with Gasteiger partial charge in [0.15, 0.2) is 0 Å². The van der Waals surface area contributed by atoms with Crippen LogP contribution in [-0.4, -0.2) is 40.5 Å². The first-order valence-corrected chi connectivity index (χ1v) is 7.11. The number of aromatic carboxylic acids is 1. The number of aromatic nitrogens is 2. The van der Waals surface area contributed by atoms with Gasteiger partial charge in [-0.2, -0.15) is 5.10 Å². The van der Waals surface area contributed by atoms with Gasteiger partial charge < -0.3 is 15.2 Å². The van der Waals surface area contributed by atoms with Crippen LogP contribution in [0.5, 0.6) is 0 Å². The van der Waals surface area contributed by atoms with Crippen molar-refractivity contribution < 1.29 is 19.4 Å². The lowest BCUT2D eigenvalue weighted by molar-refractivity contribution is 0.0696. The predicted molar refractivity (Wildman–Crippen MR) is 83.7 cm³/mol. The van der Waals surface area contributed by atoms with Crippen LogP contribution in [0, 0.1) is 0 Å². The van der Waals surface area contributed by atoms with Crippen LogP contribution in [0.1, 0.15) is 32.3 Å². The highest BCUT2D eigenvalue weighted by Gasteiger charge is 2.19. The minimum atomic E-state index is -1.11. The fraction of sp³-hybridized carbons (Fsp3) is 0.267. The number of amides is 1. The smallest absolute Gasteiger partial charge is 0.335 e. The van der Waals surface area contributed by atoms with Gasteiger partial charge in [-0.25, -0.2) is 4.79 Å². The number of carbonyl (C=O) groups is 2. The quantitative estimate of drug-likeness (QED) is 0.839. The van der Waals surface area contributed by atoms with Crippen molar-refractivity contribution in [2.24, 2.45) is 7.05 Å². The van der Waals surface area contributed by atoms with E-state index >= 15 is 0 Å². The molecule has 2 aromatic rings. The van der Waals surface area contributed by atoms with Crippen LogP contribution in [0.3, 0.4) is 0 Å². The number of rotatable bonds is 6. The van der Waals surface area contributed by atoms with Gasteiger partial charge in [-0.15, -0.1) is 0 Å². The van der Waals surface area contributed by atoms with Crippen LogP contribution in [0.4, 0.5) is 0 Å². The van der Waals surface area contributed by atoms with Crippen LogP contribution in [0.2, 0.25) is 5.02 Å². The summed E-state index contributed by atoms with van der Waals surface area (Å²) < 4.78 is 6.75. The highest BCUT2D eigenvalue weighted by Crippen LogP contribution is 2.20. The lowest BCUT2D eigenvalue weighted by atomic mass is 10.1. The van der Waals surface area contributed by atoms with E-state index in [0.29, 0.717) is 0 Å². The number of methoxy groups -OCH3 is 1. The first-order chi connectivity index (χ1) is 10.9. The average Bonchev–Trinajstić information content (AvgIpc) is 2.93. The van der Waals surface area contributed by atoms with Gasteiger partial charge in [-0.05, 0) is 18.2 Å². The number of carbonyl (C=O) groups excluding carboxylic acids is 1. The molecule has 0 aliphatic carbocycles. The molecule has 122 valence electrons. The normalized spacial score (nSPS) is 12.0. The molecule has 2 rings (SSSR count). The third-order valence-corrected chi connectivity index (χ3v) is 3.54. The largest absolute Gasteiger partial charge is 0.478 e. The van der Waals surface area contributed by atoms with E-state index in [1.807, 2.05) is 0 Å². The molecular formula is C15H16ClN3O4. The van der Waals surface area contributed by atoms with E-state index in [1.54, 1.807) is 24.1 Å². The Labute approximate surface area is 137 Å². The van der Waals surface area contributed by atoms with E-state index < -0.39 is 17.9 Å². The van der Waals surface area contributed by atoms with Crippen LogP contribution in [0.15, 0.2) is 30.6 Å². The van der Waals surface area contributed by atoms with Crippen molar-refractivity contribution in [2.45, 2.75) is 6.04 Å². The Morgan fingerprint density at radius 1 is 1.48 bits per heavy atom. The molecule has 1 aromatic carbocycles. The third-order valence-electron chi connectivity index (χ3n) is 3.23. The van der Waals surface area contributed by atoms with Crippen molar-refractivity contribution in [3.05, 3.63) is 52.3 Å². The lowest BCUT2D eigenvalue weighted by Gasteiger charge is -2.17. The van der Waals surface area contributed by atoms with Crippen LogP contribution in [0.25, 0.3) is 0 Å². The van der Waals surface area contributed by atoms with E-state index in [1.165, 1.54) is 25.3 Å². The Balaban J connectivity index is 2.20. The molecule has 1 unspecified atom stereocenters. The number of carboxylic acids is 1. The summed E-state index contributed by atoms with van der Waals surface area (Å²) in [5, 5.41) is 15.9. The summed E-state index contributed by atoms with van der Waals surface area (Å²) in [5.74, 6) is -1.52. The zero-order valence-electron chi connectivity index (χ0n) is 12.6. The number of hydrogen-bond donors (Lipinski definition) is 2. The molecule has 0 fully saturated rings. The van der Waals surface area contributed by atoms with E-state index in [9.17, 15) is 9.59 Å². The second kappa shape index (κ2) is 7.26. The summed E-state index contributed by atoms with van der Waals surface area (Å²) >= 11 is 6.01. The molecule has 0 saturated carbocycles. The van der Waals surface area contributed by atoms with Gasteiger partial charge >= 0.3 is 5.97 Å². The average molecular weight is 338 g/mol. The van der Waals surface area contributed by atoms with Gasteiger partial charge in [0.25, 0.3) is 5.91 Å². The first kappa shape index (κ1) is 17.0. The van der Waals surface area contributed by atoms with E-state index in [-0.39, 0.29) is 22.8 Å². The van der Waals surface area contributed by atoms with Gasteiger partial charge in [-0.1, -0.05) is 11.6 Å². The number of aryl methyl sites for hydroxylation is 1. The molecule has 1 heterocycles.